The molecule has 0 saturated heterocycles. The Morgan fingerprint density at radius 1 is 1.05 bits per heavy atom. The van der Waals surface area contributed by atoms with Gasteiger partial charge in [-0.15, -0.1) is 0 Å². The van der Waals surface area contributed by atoms with Crippen molar-refractivity contribution >= 4 is 10.9 Å². The number of hydrogen-bond acceptors (Lipinski definition) is 1. The predicted molar refractivity (Wildman–Crippen MR) is 86.0 cm³/mol. The monoisotopic (exact) mass is 264 g/mol. The van der Waals surface area contributed by atoms with Crippen molar-refractivity contribution < 1.29 is 0 Å². The molecule has 20 heavy (non-hydrogen) atoms. The Kier molecular flexibility index (Phi) is 3.33. The fourth-order valence-electron chi connectivity index (χ4n) is 2.85. The summed E-state index contributed by atoms with van der Waals surface area (Å²) >= 11 is 0. The lowest BCUT2D eigenvalue weighted by Crippen LogP contribution is -2.01. The number of aromatic nitrogens is 1. The van der Waals surface area contributed by atoms with Gasteiger partial charge in [0.15, 0.2) is 0 Å². The molecule has 0 aliphatic rings. The maximum atomic E-state index is 5.65. The first-order valence-electron chi connectivity index (χ1n) is 7.07. The molecule has 0 unspecified atom stereocenters. The van der Waals surface area contributed by atoms with Gasteiger partial charge in [0.05, 0.1) is 0 Å². The van der Waals surface area contributed by atoms with Crippen LogP contribution < -0.4 is 5.73 Å². The van der Waals surface area contributed by atoms with Gasteiger partial charge < -0.3 is 10.7 Å². The Labute approximate surface area is 119 Å². The lowest BCUT2D eigenvalue weighted by atomic mass is 9.97. The van der Waals surface area contributed by atoms with E-state index in [9.17, 15) is 0 Å². The van der Waals surface area contributed by atoms with Gasteiger partial charge in [-0.05, 0) is 55.1 Å². The van der Waals surface area contributed by atoms with Crippen molar-refractivity contribution in [2.45, 2.75) is 20.3 Å². The van der Waals surface area contributed by atoms with E-state index in [1.54, 1.807) is 0 Å². The van der Waals surface area contributed by atoms with Crippen molar-refractivity contribution in [2.75, 3.05) is 6.54 Å². The minimum atomic E-state index is 0.686. The van der Waals surface area contributed by atoms with Gasteiger partial charge in [-0.3, -0.25) is 0 Å². The fourth-order valence-corrected chi connectivity index (χ4v) is 2.85. The highest BCUT2D eigenvalue weighted by molar-refractivity contribution is 5.88. The molecular weight excluding hydrogens is 244 g/mol. The first-order chi connectivity index (χ1) is 9.69. The number of nitrogens with two attached hydrogens (primary N) is 1. The lowest BCUT2D eigenvalue weighted by Gasteiger charge is -2.07. The number of H-pyrrole nitrogens is 1. The van der Waals surface area contributed by atoms with E-state index in [0.717, 1.165) is 6.42 Å². The molecule has 3 aromatic rings. The highest BCUT2D eigenvalue weighted by atomic mass is 14.7. The molecule has 0 bridgehead atoms. The summed E-state index contributed by atoms with van der Waals surface area (Å²) in [5.74, 6) is 0. The normalized spacial score (nSPS) is 11.2. The average Bonchev–Trinajstić information content (AvgIpc) is 2.82. The highest BCUT2D eigenvalue weighted by Gasteiger charge is 2.06. The molecule has 0 fully saturated rings. The van der Waals surface area contributed by atoms with E-state index in [2.05, 4.69) is 61.4 Å². The van der Waals surface area contributed by atoms with Crippen molar-refractivity contribution in [2.24, 2.45) is 5.73 Å². The van der Waals surface area contributed by atoms with Crippen LogP contribution in [0.5, 0.6) is 0 Å². The molecular formula is C18H20N2. The van der Waals surface area contributed by atoms with Crippen LogP contribution in [-0.4, -0.2) is 11.5 Å². The third-order valence-electron chi connectivity index (χ3n) is 3.87. The third-order valence-corrected chi connectivity index (χ3v) is 3.87. The second-order valence-electron chi connectivity index (χ2n) is 5.43. The second kappa shape index (κ2) is 5.14. The zero-order valence-electron chi connectivity index (χ0n) is 12.0. The summed E-state index contributed by atoms with van der Waals surface area (Å²) in [5, 5.41) is 1.28. The number of benzene rings is 2. The molecule has 0 aliphatic heterocycles. The molecule has 0 aliphatic carbocycles. The van der Waals surface area contributed by atoms with Crippen LogP contribution in [0.1, 0.15) is 16.7 Å². The van der Waals surface area contributed by atoms with Crippen molar-refractivity contribution in [3.63, 3.8) is 0 Å². The first-order valence-corrected chi connectivity index (χ1v) is 7.07. The summed E-state index contributed by atoms with van der Waals surface area (Å²) in [6, 6.07) is 13.2. The van der Waals surface area contributed by atoms with Crippen molar-refractivity contribution in [1.29, 1.82) is 0 Å². The Bertz CT molecular complexity index is 753. The standard InChI is InChI=1S/C18H20N2/c1-12-3-5-16(13(2)9-12)14-4-6-17-15(7-8-19)11-20-18(17)10-14/h3-6,9-11,20H,7-8,19H2,1-2H3. The maximum Gasteiger partial charge on any atom is 0.0463 e. The minimum Gasteiger partial charge on any atom is -0.361 e. The Morgan fingerprint density at radius 3 is 2.65 bits per heavy atom. The summed E-state index contributed by atoms with van der Waals surface area (Å²) in [5.41, 5.74) is 13.3. The zero-order chi connectivity index (χ0) is 14.1. The fraction of sp³-hybridized carbons (Fsp3) is 0.222. The molecule has 1 heterocycles. The largest absolute Gasteiger partial charge is 0.361 e. The summed E-state index contributed by atoms with van der Waals surface area (Å²) in [6.07, 6.45) is 2.99. The molecule has 0 spiro atoms. The Morgan fingerprint density at radius 2 is 1.90 bits per heavy atom. The highest BCUT2D eigenvalue weighted by Crippen LogP contribution is 2.28. The van der Waals surface area contributed by atoms with E-state index in [4.69, 9.17) is 5.73 Å². The summed E-state index contributed by atoms with van der Waals surface area (Å²) in [6.45, 7) is 4.98. The molecule has 3 N–H and O–H groups in total. The summed E-state index contributed by atoms with van der Waals surface area (Å²) in [4.78, 5) is 3.36. The number of aryl methyl sites for hydroxylation is 2. The van der Waals surface area contributed by atoms with Gasteiger partial charge in [0.1, 0.15) is 0 Å². The van der Waals surface area contributed by atoms with Crippen LogP contribution in [0.25, 0.3) is 22.0 Å². The van der Waals surface area contributed by atoms with Gasteiger partial charge in [0.25, 0.3) is 0 Å². The van der Waals surface area contributed by atoms with Gasteiger partial charge in [-0.25, -0.2) is 0 Å². The predicted octanol–water partition coefficient (Wildman–Crippen LogP) is 3.95. The van der Waals surface area contributed by atoms with Crippen LogP contribution >= 0.6 is 0 Å². The third kappa shape index (κ3) is 2.23. The molecule has 0 radical (unpaired) electrons. The number of nitrogens with one attached hydrogen (secondary N) is 1. The van der Waals surface area contributed by atoms with E-state index in [-0.39, 0.29) is 0 Å². The van der Waals surface area contributed by atoms with Gasteiger partial charge in [-0.1, -0.05) is 35.9 Å². The molecule has 2 heteroatoms. The zero-order valence-corrected chi connectivity index (χ0v) is 12.0. The van der Waals surface area contributed by atoms with E-state index >= 15 is 0 Å². The molecule has 0 atom stereocenters. The second-order valence-corrected chi connectivity index (χ2v) is 5.43. The Balaban J connectivity index is 2.09. The van der Waals surface area contributed by atoms with E-state index in [1.165, 1.54) is 38.7 Å². The van der Waals surface area contributed by atoms with Crippen LogP contribution in [0.15, 0.2) is 42.6 Å². The minimum absolute atomic E-state index is 0.686. The van der Waals surface area contributed by atoms with Crippen LogP contribution in [0.2, 0.25) is 0 Å². The summed E-state index contributed by atoms with van der Waals surface area (Å²) < 4.78 is 0. The molecule has 2 aromatic carbocycles. The van der Waals surface area contributed by atoms with Crippen LogP contribution in [0.4, 0.5) is 0 Å². The van der Waals surface area contributed by atoms with E-state index in [0.29, 0.717) is 6.54 Å². The molecule has 0 saturated carbocycles. The van der Waals surface area contributed by atoms with Gasteiger partial charge in [0, 0.05) is 17.1 Å². The number of aromatic amines is 1. The average molecular weight is 264 g/mol. The number of fused-ring (bicyclic) bond motifs is 1. The topological polar surface area (TPSA) is 41.8 Å². The SMILES string of the molecule is Cc1ccc(-c2ccc3c(CCN)c[nH]c3c2)c(C)c1. The van der Waals surface area contributed by atoms with Gasteiger partial charge in [-0.2, -0.15) is 0 Å². The molecule has 3 rings (SSSR count). The number of hydrogen-bond donors (Lipinski definition) is 2. The van der Waals surface area contributed by atoms with Crippen LogP contribution in [0, 0.1) is 13.8 Å². The quantitative estimate of drug-likeness (QED) is 0.739. The lowest BCUT2D eigenvalue weighted by molar-refractivity contribution is 0.976. The van der Waals surface area contributed by atoms with E-state index in [1.807, 2.05) is 0 Å². The number of rotatable bonds is 3. The maximum absolute atomic E-state index is 5.65. The van der Waals surface area contributed by atoms with Crippen molar-refractivity contribution in [1.82, 2.24) is 4.98 Å². The van der Waals surface area contributed by atoms with Gasteiger partial charge >= 0.3 is 0 Å². The van der Waals surface area contributed by atoms with Crippen molar-refractivity contribution in [3.8, 4) is 11.1 Å². The van der Waals surface area contributed by atoms with Crippen molar-refractivity contribution in [3.05, 3.63) is 59.3 Å². The first kappa shape index (κ1) is 12.9. The Hall–Kier alpha value is -2.06. The molecule has 0 amide bonds. The van der Waals surface area contributed by atoms with Gasteiger partial charge in [0.2, 0.25) is 0 Å². The summed E-state index contributed by atoms with van der Waals surface area (Å²) in [7, 11) is 0. The van der Waals surface area contributed by atoms with Crippen LogP contribution in [0.3, 0.4) is 0 Å². The van der Waals surface area contributed by atoms with E-state index < -0.39 is 0 Å². The van der Waals surface area contributed by atoms with Crippen LogP contribution in [-0.2, 0) is 6.42 Å². The molecule has 1 aromatic heterocycles. The smallest absolute Gasteiger partial charge is 0.0463 e. The molecule has 102 valence electrons. The molecule has 2 nitrogen and oxygen atoms in total.